The van der Waals surface area contributed by atoms with Crippen LogP contribution in [0.5, 0.6) is 0 Å². The van der Waals surface area contributed by atoms with E-state index in [0.717, 1.165) is 18.1 Å². The van der Waals surface area contributed by atoms with Gasteiger partial charge in [-0.25, -0.2) is 8.78 Å². The molecular weight excluding hydrogens is 194 g/mol. The van der Waals surface area contributed by atoms with Crippen molar-refractivity contribution in [1.82, 2.24) is 0 Å². The smallest absolute Gasteiger partial charge is 0.202 e. The van der Waals surface area contributed by atoms with Crippen LogP contribution in [0, 0.1) is 6.92 Å². The predicted octanol–water partition coefficient (Wildman–Crippen LogP) is 4.40. The zero-order valence-corrected chi connectivity index (χ0v) is 9.99. The van der Waals surface area contributed by atoms with Gasteiger partial charge in [0.05, 0.1) is 0 Å². The third-order valence-electron chi connectivity index (χ3n) is 2.54. The highest BCUT2D eigenvalue weighted by Crippen LogP contribution is 2.32. The fraction of sp³-hybridized carbons (Fsp3) is 0.538. The average molecular weight is 212 g/mol. The molecule has 0 saturated carbocycles. The van der Waals surface area contributed by atoms with Gasteiger partial charge in [-0.15, -0.1) is 0 Å². The van der Waals surface area contributed by atoms with Crippen LogP contribution in [0.25, 0.3) is 0 Å². The van der Waals surface area contributed by atoms with Crippen LogP contribution in [0.15, 0.2) is 18.2 Å². The Balaban J connectivity index is 3.21. The summed E-state index contributed by atoms with van der Waals surface area (Å²) < 4.78 is 26.1. The largest absolute Gasteiger partial charge is 0.270 e. The number of hydrogen-bond donors (Lipinski definition) is 0. The van der Waals surface area contributed by atoms with E-state index in [2.05, 4.69) is 20.8 Å². The molecule has 0 aliphatic heterocycles. The van der Waals surface area contributed by atoms with Crippen LogP contribution in [0.1, 0.15) is 44.4 Å². The Labute approximate surface area is 90.3 Å². The molecule has 1 rings (SSSR count). The minimum atomic E-state index is -2.75. The van der Waals surface area contributed by atoms with Gasteiger partial charge in [0.1, 0.15) is 0 Å². The number of alkyl halides is 2. The number of hydrogen-bond acceptors (Lipinski definition) is 0. The highest BCUT2D eigenvalue weighted by molar-refractivity contribution is 5.36. The molecule has 0 bridgehead atoms. The first-order valence-electron chi connectivity index (χ1n) is 5.12. The summed E-state index contributed by atoms with van der Waals surface area (Å²) >= 11 is 0. The lowest BCUT2D eigenvalue weighted by Crippen LogP contribution is -2.15. The zero-order chi connectivity index (χ0) is 11.9. The van der Waals surface area contributed by atoms with Crippen LogP contribution in [0.3, 0.4) is 0 Å². The third kappa shape index (κ3) is 2.77. The maximum Gasteiger partial charge on any atom is 0.270 e. The minimum absolute atomic E-state index is 0.00560. The van der Waals surface area contributed by atoms with Crippen molar-refractivity contribution in [3.63, 3.8) is 0 Å². The Kier molecular flexibility index (Phi) is 2.90. The highest BCUT2D eigenvalue weighted by Gasteiger charge is 2.25. The fourth-order valence-electron chi connectivity index (χ4n) is 1.78. The van der Waals surface area contributed by atoms with Crippen molar-refractivity contribution < 1.29 is 8.78 Å². The fourth-order valence-corrected chi connectivity index (χ4v) is 1.78. The van der Waals surface area contributed by atoms with Gasteiger partial charge in [-0.3, -0.25) is 0 Å². The van der Waals surface area contributed by atoms with E-state index in [4.69, 9.17) is 0 Å². The van der Waals surface area contributed by atoms with Gasteiger partial charge < -0.3 is 0 Å². The van der Waals surface area contributed by atoms with Gasteiger partial charge in [-0.05, 0) is 29.5 Å². The van der Waals surface area contributed by atoms with Gasteiger partial charge in [-0.2, -0.15) is 0 Å². The molecule has 1 aromatic rings. The van der Waals surface area contributed by atoms with Crippen LogP contribution in [0.2, 0.25) is 0 Å². The van der Waals surface area contributed by atoms with E-state index < -0.39 is 5.92 Å². The molecule has 0 fully saturated rings. The number of aryl methyl sites for hydroxylation is 1. The van der Waals surface area contributed by atoms with Crippen molar-refractivity contribution in [3.8, 4) is 0 Å². The second-order valence-electron chi connectivity index (χ2n) is 5.17. The van der Waals surface area contributed by atoms with Crippen LogP contribution >= 0.6 is 0 Å². The Morgan fingerprint density at radius 1 is 1.00 bits per heavy atom. The summed E-state index contributed by atoms with van der Waals surface area (Å²) in [6, 6.07) is 4.91. The van der Waals surface area contributed by atoms with Gasteiger partial charge >= 0.3 is 0 Å². The van der Waals surface area contributed by atoms with Crippen molar-refractivity contribution >= 4 is 0 Å². The quantitative estimate of drug-likeness (QED) is 0.647. The van der Waals surface area contributed by atoms with Crippen molar-refractivity contribution in [2.24, 2.45) is 0 Å². The van der Waals surface area contributed by atoms with Gasteiger partial charge in [0, 0.05) is 12.5 Å². The minimum Gasteiger partial charge on any atom is -0.202 e. The first-order chi connectivity index (χ1) is 6.62. The first kappa shape index (κ1) is 12.2. The molecule has 0 radical (unpaired) electrons. The molecular formula is C13H18F2. The molecule has 0 atom stereocenters. The average Bonchev–Trinajstić information content (AvgIpc) is 1.99. The zero-order valence-electron chi connectivity index (χ0n) is 9.99. The second kappa shape index (κ2) is 3.58. The van der Waals surface area contributed by atoms with E-state index in [0.29, 0.717) is 0 Å². The van der Waals surface area contributed by atoms with Crippen molar-refractivity contribution in [2.75, 3.05) is 0 Å². The van der Waals surface area contributed by atoms with E-state index in [-0.39, 0.29) is 11.0 Å². The van der Waals surface area contributed by atoms with Crippen molar-refractivity contribution in [3.05, 3.63) is 34.9 Å². The van der Waals surface area contributed by atoms with E-state index in [9.17, 15) is 8.78 Å². The highest BCUT2D eigenvalue weighted by atomic mass is 19.3. The molecule has 0 N–H and O–H groups in total. The molecule has 0 unspecified atom stereocenters. The van der Waals surface area contributed by atoms with Crippen LogP contribution in [0.4, 0.5) is 8.78 Å². The Morgan fingerprint density at radius 2 is 1.53 bits per heavy atom. The van der Waals surface area contributed by atoms with E-state index in [1.54, 1.807) is 6.07 Å². The molecule has 0 aromatic heterocycles. The summed E-state index contributed by atoms with van der Waals surface area (Å²) in [7, 11) is 0. The Hall–Kier alpha value is -0.920. The molecule has 0 aliphatic carbocycles. The van der Waals surface area contributed by atoms with Crippen molar-refractivity contribution in [1.29, 1.82) is 0 Å². The lowest BCUT2D eigenvalue weighted by atomic mass is 9.83. The van der Waals surface area contributed by atoms with Crippen LogP contribution < -0.4 is 0 Å². The van der Waals surface area contributed by atoms with E-state index >= 15 is 0 Å². The van der Waals surface area contributed by atoms with E-state index in [1.165, 1.54) is 6.07 Å². The van der Waals surface area contributed by atoms with Gasteiger partial charge in [0.2, 0.25) is 0 Å². The maximum atomic E-state index is 13.1. The van der Waals surface area contributed by atoms with Crippen LogP contribution in [-0.2, 0) is 11.3 Å². The normalized spacial score (nSPS) is 13.0. The van der Waals surface area contributed by atoms with Crippen molar-refractivity contribution in [2.45, 2.75) is 46.0 Å². The molecule has 0 heterocycles. The number of benzene rings is 1. The summed E-state index contributed by atoms with van der Waals surface area (Å²) in [5.41, 5.74) is 2.15. The molecule has 0 aliphatic rings. The van der Waals surface area contributed by atoms with E-state index in [1.807, 2.05) is 13.0 Å². The van der Waals surface area contributed by atoms with Gasteiger partial charge in [0.15, 0.2) is 0 Å². The molecule has 0 nitrogen and oxygen atoms in total. The Bertz CT molecular complexity index is 354. The molecule has 0 spiro atoms. The lowest BCUT2D eigenvalue weighted by Gasteiger charge is -2.23. The predicted molar refractivity (Wildman–Crippen MR) is 59.4 cm³/mol. The standard InChI is InChI=1S/C13H18F2/c1-9-8-10(13(5,14)15)6-7-11(9)12(2,3)4/h6-8H,1-5H3. The first-order valence-corrected chi connectivity index (χ1v) is 5.12. The molecule has 0 saturated heterocycles. The number of rotatable bonds is 1. The molecule has 2 heteroatoms. The van der Waals surface area contributed by atoms with Gasteiger partial charge in [-0.1, -0.05) is 32.9 Å². The monoisotopic (exact) mass is 212 g/mol. The third-order valence-corrected chi connectivity index (χ3v) is 2.54. The SMILES string of the molecule is Cc1cc(C(C)(F)F)ccc1C(C)(C)C. The lowest BCUT2D eigenvalue weighted by molar-refractivity contribution is 0.0174. The maximum absolute atomic E-state index is 13.1. The Morgan fingerprint density at radius 3 is 1.87 bits per heavy atom. The molecule has 84 valence electrons. The summed E-state index contributed by atoms with van der Waals surface area (Å²) in [5.74, 6) is -2.75. The summed E-state index contributed by atoms with van der Waals surface area (Å²) in [5, 5.41) is 0. The molecule has 15 heavy (non-hydrogen) atoms. The van der Waals surface area contributed by atoms with Gasteiger partial charge in [0.25, 0.3) is 5.92 Å². The molecule has 0 amide bonds. The summed E-state index contributed by atoms with van der Waals surface area (Å²) in [6.07, 6.45) is 0. The van der Waals surface area contributed by atoms with Crippen LogP contribution in [-0.4, -0.2) is 0 Å². The summed E-state index contributed by atoms with van der Waals surface area (Å²) in [6.45, 7) is 9.06. The summed E-state index contributed by atoms with van der Waals surface area (Å²) in [4.78, 5) is 0. The number of halogens is 2. The second-order valence-corrected chi connectivity index (χ2v) is 5.17. The topological polar surface area (TPSA) is 0 Å². The molecule has 1 aromatic carbocycles.